The van der Waals surface area contributed by atoms with E-state index < -0.39 is 10.2 Å². The molecule has 3 rings (SSSR count). The first-order chi connectivity index (χ1) is 13.0. The zero-order valence-electron chi connectivity index (χ0n) is 16.0. The second kappa shape index (κ2) is 8.99. The van der Waals surface area contributed by atoms with Gasteiger partial charge in [0.2, 0.25) is 5.91 Å². The van der Waals surface area contributed by atoms with Gasteiger partial charge in [-0.1, -0.05) is 49.6 Å². The molecule has 0 atom stereocenters. The molecule has 0 radical (unpaired) electrons. The Bertz CT molecular complexity index is 750. The van der Waals surface area contributed by atoms with E-state index in [9.17, 15) is 13.2 Å². The average molecular weight is 392 g/mol. The Hall–Kier alpha value is -1.70. The van der Waals surface area contributed by atoms with Crippen LogP contribution < -0.4 is 0 Å². The van der Waals surface area contributed by atoms with Gasteiger partial charge in [-0.15, -0.1) is 0 Å². The number of hydrogen-bond donors (Lipinski definition) is 0. The van der Waals surface area contributed by atoms with Crippen LogP contribution >= 0.6 is 0 Å². The highest BCUT2D eigenvalue weighted by atomic mass is 32.2. The van der Waals surface area contributed by atoms with Gasteiger partial charge in [0, 0.05) is 45.3 Å². The van der Waals surface area contributed by atoms with E-state index in [4.69, 9.17) is 0 Å². The van der Waals surface area contributed by atoms with E-state index in [1.165, 1.54) is 10.7 Å². The van der Waals surface area contributed by atoms with Crippen LogP contribution in [-0.4, -0.2) is 67.1 Å². The predicted octanol–water partition coefficient (Wildman–Crippen LogP) is 2.35. The van der Waals surface area contributed by atoms with Gasteiger partial charge in [0.1, 0.15) is 0 Å². The highest BCUT2D eigenvalue weighted by molar-refractivity contribution is 7.86. The summed E-state index contributed by atoms with van der Waals surface area (Å²) in [7, 11) is -1.76. The molecule has 148 valence electrons. The molecule has 1 aliphatic carbocycles. The van der Waals surface area contributed by atoms with Gasteiger partial charge >= 0.3 is 0 Å². The summed E-state index contributed by atoms with van der Waals surface area (Å²) in [5.41, 5.74) is 0.973. The van der Waals surface area contributed by atoms with Crippen LogP contribution in [-0.2, 0) is 15.0 Å². The molecule has 27 heavy (non-hydrogen) atoms. The fourth-order valence-corrected chi connectivity index (χ4v) is 5.37. The van der Waals surface area contributed by atoms with E-state index in [1.54, 1.807) is 28.4 Å². The molecule has 1 heterocycles. The minimum atomic E-state index is -3.46. The van der Waals surface area contributed by atoms with Crippen molar-refractivity contribution in [3.8, 4) is 0 Å². The molecule has 1 aromatic rings. The smallest absolute Gasteiger partial charge is 0.282 e. The van der Waals surface area contributed by atoms with Gasteiger partial charge in [0.15, 0.2) is 0 Å². The summed E-state index contributed by atoms with van der Waals surface area (Å²) in [6.45, 7) is 1.56. The molecule has 1 saturated heterocycles. The Morgan fingerprint density at radius 2 is 1.67 bits per heavy atom. The van der Waals surface area contributed by atoms with Crippen LogP contribution in [0.4, 0.5) is 0 Å². The number of rotatable bonds is 5. The van der Waals surface area contributed by atoms with Crippen LogP contribution in [0, 0.1) is 0 Å². The third-order valence-corrected chi connectivity index (χ3v) is 7.59. The van der Waals surface area contributed by atoms with Crippen LogP contribution in [0.2, 0.25) is 0 Å². The molecule has 0 bridgehead atoms. The Balaban J connectivity index is 1.54. The van der Waals surface area contributed by atoms with Gasteiger partial charge in [0.25, 0.3) is 10.2 Å². The van der Waals surface area contributed by atoms with Gasteiger partial charge in [0.05, 0.1) is 0 Å². The van der Waals surface area contributed by atoms with Crippen LogP contribution in [0.25, 0.3) is 6.08 Å². The first-order valence-electron chi connectivity index (χ1n) is 9.73. The Labute approximate surface area is 162 Å². The number of carbonyl (C=O) groups excluding carboxylic acids is 1. The van der Waals surface area contributed by atoms with E-state index in [0.717, 1.165) is 31.2 Å². The Morgan fingerprint density at radius 3 is 2.30 bits per heavy atom. The summed E-state index contributed by atoms with van der Waals surface area (Å²) >= 11 is 0. The molecule has 6 nitrogen and oxygen atoms in total. The molecule has 1 saturated carbocycles. The first-order valence-corrected chi connectivity index (χ1v) is 11.1. The third-order valence-electron chi connectivity index (χ3n) is 5.55. The van der Waals surface area contributed by atoms with Crippen LogP contribution in [0.1, 0.15) is 37.7 Å². The lowest BCUT2D eigenvalue weighted by Gasteiger charge is -2.38. The van der Waals surface area contributed by atoms with Crippen molar-refractivity contribution in [3.63, 3.8) is 0 Å². The number of hydrogen-bond acceptors (Lipinski definition) is 3. The van der Waals surface area contributed by atoms with Gasteiger partial charge < -0.3 is 4.90 Å². The second-order valence-corrected chi connectivity index (χ2v) is 9.27. The summed E-state index contributed by atoms with van der Waals surface area (Å²) in [5, 5.41) is 0. The fourth-order valence-electron chi connectivity index (χ4n) is 3.79. The normalized spacial score (nSPS) is 20.4. The molecule has 1 aliphatic heterocycles. The van der Waals surface area contributed by atoms with E-state index in [-0.39, 0.29) is 11.9 Å². The molecule has 2 fully saturated rings. The van der Waals surface area contributed by atoms with E-state index in [0.29, 0.717) is 26.2 Å². The van der Waals surface area contributed by atoms with Gasteiger partial charge in [-0.25, -0.2) is 0 Å². The van der Waals surface area contributed by atoms with Crippen LogP contribution in [0.5, 0.6) is 0 Å². The highest BCUT2D eigenvalue weighted by Gasteiger charge is 2.35. The number of amides is 1. The molecule has 0 aromatic heterocycles. The van der Waals surface area contributed by atoms with Crippen molar-refractivity contribution in [2.45, 2.75) is 38.1 Å². The molecule has 1 amide bonds. The second-order valence-electron chi connectivity index (χ2n) is 7.28. The summed E-state index contributed by atoms with van der Waals surface area (Å²) < 4.78 is 28.9. The molecule has 0 unspecified atom stereocenters. The van der Waals surface area contributed by atoms with Crippen molar-refractivity contribution < 1.29 is 13.2 Å². The zero-order valence-corrected chi connectivity index (χ0v) is 16.8. The quantitative estimate of drug-likeness (QED) is 0.724. The molecule has 0 spiro atoms. The number of nitrogens with zero attached hydrogens (tertiary/aromatic N) is 3. The van der Waals surface area contributed by atoms with Gasteiger partial charge in [-0.05, 0) is 24.5 Å². The van der Waals surface area contributed by atoms with Crippen molar-refractivity contribution in [1.82, 2.24) is 13.5 Å². The topological polar surface area (TPSA) is 60.9 Å². The predicted molar refractivity (Wildman–Crippen MR) is 107 cm³/mol. The van der Waals surface area contributed by atoms with Crippen LogP contribution in [0.15, 0.2) is 36.4 Å². The van der Waals surface area contributed by atoms with Crippen molar-refractivity contribution in [3.05, 3.63) is 42.0 Å². The van der Waals surface area contributed by atoms with Gasteiger partial charge in [-0.3, -0.25) is 4.79 Å². The maximum Gasteiger partial charge on any atom is 0.282 e. The highest BCUT2D eigenvalue weighted by Crippen LogP contribution is 2.25. The number of carbonyl (C=O) groups is 1. The largest absolute Gasteiger partial charge is 0.337 e. The Morgan fingerprint density at radius 1 is 1.04 bits per heavy atom. The minimum Gasteiger partial charge on any atom is -0.337 e. The van der Waals surface area contributed by atoms with Crippen molar-refractivity contribution in [2.24, 2.45) is 0 Å². The number of piperazine rings is 1. The molecule has 7 heteroatoms. The summed E-state index contributed by atoms with van der Waals surface area (Å²) in [5.74, 6) is -0.0727. The number of benzene rings is 1. The monoisotopic (exact) mass is 391 g/mol. The van der Waals surface area contributed by atoms with Crippen molar-refractivity contribution in [2.75, 3.05) is 33.2 Å². The van der Waals surface area contributed by atoms with Crippen molar-refractivity contribution >= 4 is 22.2 Å². The zero-order chi connectivity index (χ0) is 19.3. The maximum absolute atomic E-state index is 12.9. The molecular weight excluding hydrogens is 362 g/mol. The molecule has 2 aliphatic rings. The lowest BCUT2D eigenvalue weighted by Crippen LogP contribution is -2.55. The molecule has 1 aromatic carbocycles. The average Bonchev–Trinajstić information content (AvgIpc) is 2.73. The van der Waals surface area contributed by atoms with Crippen molar-refractivity contribution in [1.29, 1.82) is 0 Å². The fraction of sp³-hybridized carbons (Fsp3) is 0.550. The summed E-state index contributed by atoms with van der Waals surface area (Å²) in [4.78, 5) is 14.1. The summed E-state index contributed by atoms with van der Waals surface area (Å²) in [6, 6.07) is 9.78. The summed E-state index contributed by atoms with van der Waals surface area (Å²) in [6.07, 6.45) is 8.63. The lowest BCUT2D eigenvalue weighted by molar-refractivity contribution is -0.127. The van der Waals surface area contributed by atoms with E-state index in [2.05, 4.69) is 0 Å². The third kappa shape index (κ3) is 4.97. The maximum atomic E-state index is 12.9. The van der Waals surface area contributed by atoms with E-state index >= 15 is 0 Å². The van der Waals surface area contributed by atoms with Crippen LogP contribution in [0.3, 0.4) is 0 Å². The minimum absolute atomic E-state index is 0.0727. The lowest BCUT2D eigenvalue weighted by atomic mass is 9.96. The van der Waals surface area contributed by atoms with E-state index in [1.807, 2.05) is 30.3 Å². The first kappa shape index (κ1) is 20.0. The molecule has 0 N–H and O–H groups in total. The SMILES string of the molecule is CN(C1CCCCC1)S(=O)(=O)N1CCN(C(=O)C=Cc2ccccc2)CC1. The standard InChI is InChI=1S/C20H29N3O3S/c1-21(19-10-6-3-7-11-19)27(25,26)23-16-14-22(15-17-23)20(24)13-12-18-8-4-2-5-9-18/h2,4-5,8-9,12-13,19H,3,6-7,10-11,14-17H2,1H3. The Kier molecular flexibility index (Phi) is 6.68. The van der Waals surface area contributed by atoms with Gasteiger partial charge in [-0.2, -0.15) is 17.0 Å². The molecular formula is C20H29N3O3S.